The molecule has 0 aliphatic rings. The molecule has 0 saturated heterocycles. The number of rotatable bonds is 4. The van der Waals surface area contributed by atoms with Crippen molar-refractivity contribution in [2.75, 3.05) is 7.11 Å². The summed E-state index contributed by atoms with van der Waals surface area (Å²) in [6.07, 6.45) is 2.24. The molecule has 6 nitrogen and oxygen atoms in total. The van der Waals surface area contributed by atoms with Crippen LogP contribution in [0, 0.1) is 10.1 Å². The van der Waals surface area contributed by atoms with Crippen LogP contribution in [0.15, 0.2) is 36.6 Å². The highest BCUT2D eigenvalue weighted by Crippen LogP contribution is 2.17. The average Bonchev–Trinajstić information content (AvgIpc) is 2.29. The molecule has 1 aromatic carbocycles. The lowest BCUT2D eigenvalue weighted by atomic mass is 10.3. The minimum atomic E-state index is -0.540. The zero-order chi connectivity index (χ0) is 12.0. The van der Waals surface area contributed by atoms with Gasteiger partial charge < -0.3 is 9.47 Å². The summed E-state index contributed by atoms with van der Waals surface area (Å²) in [5.41, 5.74) is -0.0238. The fourth-order valence-corrected chi connectivity index (χ4v) is 0.883. The molecule has 0 saturated carbocycles. The Hall–Kier alpha value is -2.37. The SMILES string of the molecule is COC(=O)/C=C/Oc1ccc([N+](=O)[O-])cc1. The Labute approximate surface area is 91.2 Å². The predicted octanol–water partition coefficient (Wildman–Crippen LogP) is 1.66. The van der Waals surface area contributed by atoms with Crippen molar-refractivity contribution in [3.05, 3.63) is 46.7 Å². The second-order valence-electron chi connectivity index (χ2n) is 2.69. The summed E-state index contributed by atoms with van der Waals surface area (Å²) in [4.78, 5) is 20.5. The Balaban J connectivity index is 2.59. The minimum absolute atomic E-state index is 0.0238. The molecule has 0 aromatic heterocycles. The van der Waals surface area contributed by atoms with E-state index in [0.29, 0.717) is 5.75 Å². The molecule has 0 spiro atoms. The maximum absolute atomic E-state index is 10.7. The van der Waals surface area contributed by atoms with Gasteiger partial charge in [0.05, 0.1) is 24.4 Å². The van der Waals surface area contributed by atoms with Crippen LogP contribution in [0.3, 0.4) is 0 Å². The molecule has 0 fully saturated rings. The third-order valence-corrected chi connectivity index (χ3v) is 1.66. The van der Waals surface area contributed by atoms with E-state index in [1.165, 1.54) is 31.4 Å². The first kappa shape index (κ1) is 11.7. The highest BCUT2D eigenvalue weighted by Gasteiger charge is 2.03. The van der Waals surface area contributed by atoms with Gasteiger partial charge in [0, 0.05) is 12.1 Å². The van der Waals surface area contributed by atoms with Crippen LogP contribution in [-0.2, 0) is 9.53 Å². The molecular formula is C10H9NO5. The van der Waals surface area contributed by atoms with E-state index in [4.69, 9.17) is 4.74 Å². The van der Waals surface area contributed by atoms with Gasteiger partial charge >= 0.3 is 5.97 Å². The molecule has 1 aromatic rings. The Kier molecular flexibility index (Phi) is 4.02. The van der Waals surface area contributed by atoms with Crippen LogP contribution in [0.25, 0.3) is 0 Å². The Morgan fingerprint density at radius 2 is 2.00 bits per heavy atom. The van der Waals surface area contributed by atoms with Crippen molar-refractivity contribution in [2.24, 2.45) is 0 Å². The van der Waals surface area contributed by atoms with E-state index in [-0.39, 0.29) is 5.69 Å². The molecule has 84 valence electrons. The van der Waals surface area contributed by atoms with E-state index >= 15 is 0 Å². The summed E-state index contributed by atoms with van der Waals surface area (Å²) in [6.45, 7) is 0. The van der Waals surface area contributed by atoms with E-state index in [1.54, 1.807) is 0 Å². The van der Waals surface area contributed by atoms with Crippen molar-refractivity contribution in [1.82, 2.24) is 0 Å². The van der Waals surface area contributed by atoms with Crippen molar-refractivity contribution in [1.29, 1.82) is 0 Å². The first-order valence-electron chi connectivity index (χ1n) is 4.29. The van der Waals surface area contributed by atoms with E-state index in [0.717, 1.165) is 12.3 Å². The lowest BCUT2D eigenvalue weighted by Gasteiger charge is -1.98. The van der Waals surface area contributed by atoms with Gasteiger partial charge in [-0.3, -0.25) is 10.1 Å². The highest BCUT2D eigenvalue weighted by atomic mass is 16.6. The third-order valence-electron chi connectivity index (χ3n) is 1.66. The standard InChI is InChI=1S/C10H9NO5/c1-15-10(12)6-7-16-9-4-2-8(3-5-9)11(13)14/h2-7H,1H3/b7-6+. The first-order chi connectivity index (χ1) is 7.63. The molecule has 1 rings (SSSR count). The molecule has 0 unspecified atom stereocenters. The number of ether oxygens (including phenoxy) is 2. The molecule has 0 bridgehead atoms. The average molecular weight is 223 g/mol. The van der Waals surface area contributed by atoms with Crippen molar-refractivity contribution < 1.29 is 19.2 Å². The van der Waals surface area contributed by atoms with Crippen molar-refractivity contribution in [2.45, 2.75) is 0 Å². The fraction of sp³-hybridized carbons (Fsp3) is 0.100. The van der Waals surface area contributed by atoms with Gasteiger partial charge in [0.1, 0.15) is 5.75 Å². The third kappa shape index (κ3) is 3.41. The lowest BCUT2D eigenvalue weighted by Crippen LogP contribution is -1.95. The van der Waals surface area contributed by atoms with Gasteiger partial charge in [0.2, 0.25) is 0 Å². The van der Waals surface area contributed by atoms with Gasteiger partial charge in [-0.2, -0.15) is 0 Å². The molecule has 0 aliphatic carbocycles. The molecule has 0 amide bonds. The molecule has 6 heteroatoms. The van der Waals surface area contributed by atoms with Gasteiger partial charge in [-0.25, -0.2) is 4.79 Å². The monoisotopic (exact) mass is 223 g/mol. The number of esters is 1. The second-order valence-corrected chi connectivity index (χ2v) is 2.69. The highest BCUT2D eigenvalue weighted by molar-refractivity contribution is 5.81. The van der Waals surface area contributed by atoms with E-state index in [9.17, 15) is 14.9 Å². The number of methoxy groups -OCH3 is 1. The number of nitro benzene ring substituents is 1. The fourth-order valence-electron chi connectivity index (χ4n) is 0.883. The second kappa shape index (κ2) is 5.50. The zero-order valence-electron chi connectivity index (χ0n) is 8.45. The van der Waals surface area contributed by atoms with Crippen LogP contribution in [0.2, 0.25) is 0 Å². The molecule has 0 atom stereocenters. The lowest BCUT2D eigenvalue weighted by molar-refractivity contribution is -0.384. The molecule has 0 radical (unpaired) electrons. The minimum Gasteiger partial charge on any atom is -0.466 e. The van der Waals surface area contributed by atoms with Crippen LogP contribution < -0.4 is 4.74 Å². The number of nitrogens with zero attached hydrogens (tertiary/aromatic N) is 1. The van der Waals surface area contributed by atoms with E-state index < -0.39 is 10.9 Å². The Bertz CT molecular complexity index is 410. The van der Waals surface area contributed by atoms with Gasteiger partial charge in [0.25, 0.3) is 5.69 Å². The van der Waals surface area contributed by atoms with Crippen LogP contribution in [0.5, 0.6) is 5.75 Å². The Morgan fingerprint density at radius 3 is 2.50 bits per heavy atom. The van der Waals surface area contributed by atoms with E-state index in [2.05, 4.69) is 4.74 Å². The summed E-state index contributed by atoms with van der Waals surface area (Å²) in [7, 11) is 1.25. The first-order valence-corrected chi connectivity index (χ1v) is 4.29. The molecule has 0 aliphatic heterocycles. The van der Waals surface area contributed by atoms with Crippen molar-refractivity contribution in [3.63, 3.8) is 0 Å². The molecule has 0 N–H and O–H groups in total. The quantitative estimate of drug-likeness (QED) is 0.255. The van der Waals surface area contributed by atoms with Gasteiger partial charge in [-0.1, -0.05) is 0 Å². The van der Waals surface area contributed by atoms with Crippen molar-refractivity contribution >= 4 is 11.7 Å². The number of non-ortho nitro benzene ring substituents is 1. The zero-order valence-corrected chi connectivity index (χ0v) is 8.45. The van der Waals surface area contributed by atoms with Crippen molar-refractivity contribution in [3.8, 4) is 5.75 Å². The largest absolute Gasteiger partial charge is 0.466 e. The topological polar surface area (TPSA) is 78.7 Å². The number of carbonyl (C=O) groups is 1. The maximum atomic E-state index is 10.7. The molecule has 0 heterocycles. The number of nitro groups is 1. The van der Waals surface area contributed by atoms with E-state index in [1.807, 2.05) is 0 Å². The molecule has 16 heavy (non-hydrogen) atoms. The van der Waals surface area contributed by atoms with Crippen LogP contribution >= 0.6 is 0 Å². The van der Waals surface area contributed by atoms with Gasteiger partial charge in [-0.15, -0.1) is 0 Å². The smallest absolute Gasteiger partial charge is 0.333 e. The van der Waals surface area contributed by atoms with Crippen LogP contribution in [-0.4, -0.2) is 18.0 Å². The molecular weight excluding hydrogens is 214 g/mol. The summed E-state index contributed by atoms with van der Waals surface area (Å²) < 4.78 is 9.35. The van der Waals surface area contributed by atoms with Gasteiger partial charge in [-0.05, 0) is 12.1 Å². The maximum Gasteiger partial charge on any atom is 0.333 e. The van der Waals surface area contributed by atoms with Crippen LogP contribution in [0.4, 0.5) is 5.69 Å². The summed E-state index contributed by atoms with van der Waals surface area (Å²) >= 11 is 0. The number of benzene rings is 1. The predicted molar refractivity (Wildman–Crippen MR) is 54.9 cm³/mol. The number of hydrogen-bond acceptors (Lipinski definition) is 5. The van der Waals surface area contributed by atoms with Gasteiger partial charge in [0.15, 0.2) is 0 Å². The summed E-state index contributed by atoms with van der Waals surface area (Å²) in [5.74, 6) is -0.146. The summed E-state index contributed by atoms with van der Waals surface area (Å²) in [6, 6.07) is 5.47. The summed E-state index contributed by atoms with van der Waals surface area (Å²) in [5, 5.41) is 10.3. The number of hydrogen-bond donors (Lipinski definition) is 0. The number of carbonyl (C=O) groups excluding carboxylic acids is 1. The van der Waals surface area contributed by atoms with Crippen LogP contribution in [0.1, 0.15) is 0 Å². The normalized spacial score (nSPS) is 10.1. The Morgan fingerprint density at radius 1 is 1.38 bits per heavy atom.